The Morgan fingerprint density at radius 2 is 1.92 bits per heavy atom. The molecular weight excluding hydrogens is 354 g/mol. The van der Waals surface area contributed by atoms with E-state index in [1.165, 1.54) is 24.3 Å². The number of hydrogen-bond donors (Lipinski definition) is 1. The van der Waals surface area contributed by atoms with Crippen LogP contribution >= 0.6 is 11.6 Å². The molecule has 126 valence electrons. The van der Waals surface area contributed by atoms with Crippen LogP contribution in [0.5, 0.6) is 11.5 Å². The van der Waals surface area contributed by atoms with E-state index < -0.39 is 15.7 Å². The summed E-state index contributed by atoms with van der Waals surface area (Å²) in [6, 6.07) is 9.04. The summed E-state index contributed by atoms with van der Waals surface area (Å²) in [7, 11) is -3.35. The molecule has 2 aromatic rings. The highest BCUT2D eigenvalue weighted by atomic mass is 35.5. The summed E-state index contributed by atoms with van der Waals surface area (Å²) in [4.78, 5) is 12.5. The average molecular weight is 368 g/mol. The van der Waals surface area contributed by atoms with Crippen LogP contribution in [0.25, 0.3) is 0 Å². The Bertz CT molecular complexity index is 911. The van der Waals surface area contributed by atoms with Crippen LogP contribution in [0, 0.1) is 0 Å². The Kier molecular flexibility index (Phi) is 4.38. The third kappa shape index (κ3) is 3.47. The van der Waals surface area contributed by atoms with Gasteiger partial charge in [0, 0.05) is 17.5 Å². The predicted octanol–water partition coefficient (Wildman–Crippen LogP) is 2.77. The Morgan fingerprint density at radius 1 is 1.17 bits per heavy atom. The van der Waals surface area contributed by atoms with E-state index in [0.29, 0.717) is 30.4 Å². The number of carbonyl (C=O) groups is 1. The fraction of sp³-hybridized carbons (Fsp3) is 0.188. The number of nitrogens with one attached hydrogen (secondary N) is 1. The molecular formula is C16H14ClNO5S. The van der Waals surface area contributed by atoms with Crippen LogP contribution in [0.3, 0.4) is 0 Å². The van der Waals surface area contributed by atoms with Crippen molar-refractivity contribution in [3.63, 3.8) is 0 Å². The second kappa shape index (κ2) is 6.33. The summed E-state index contributed by atoms with van der Waals surface area (Å²) in [5, 5.41) is 2.93. The van der Waals surface area contributed by atoms with E-state index in [4.69, 9.17) is 21.1 Å². The van der Waals surface area contributed by atoms with Gasteiger partial charge in [0.2, 0.25) is 0 Å². The molecule has 0 aromatic heterocycles. The number of fused-ring (bicyclic) bond motifs is 1. The van der Waals surface area contributed by atoms with Crippen molar-refractivity contribution in [3.8, 4) is 11.5 Å². The number of carbonyl (C=O) groups excluding carboxylic acids is 1. The van der Waals surface area contributed by atoms with Crippen molar-refractivity contribution in [3.05, 3.63) is 47.0 Å². The monoisotopic (exact) mass is 367 g/mol. The van der Waals surface area contributed by atoms with Crippen LogP contribution in [-0.2, 0) is 9.84 Å². The van der Waals surface area contributed by atoms with E-state index in [0.717, 1.165) is 6.26 Å². The minimum Gasteiger partial charge on any atom is -0.486 e. The highest BCUT2D eigenvalue weighted by Gasteiger charge is 2.19. The lowest BCUT2D eigenvalue weighted by molar-refractivity contribution is 0.102. The SMILES string of the molecule is CS(=O)(=O)c1cccc(NC(=O)c2cc(Cl)c3c(c2)OCCO3)c1. The summed E-state index contributed by atoms with van der Waals surface area (Å²) in [6.45, 7) is 0.779. The smallest absolute Gasteiger partial charge is 0.255 e. The van der Waals surface area contributed by atoms with Crippen molar-refractivity contribution >= 4 is 33.0 Å². The van der Waals surface area contributed by atoms with E-state index >= 15 is 0 Å². The van der Waals surface area contributed by atoms with Crippen LogP contribution in [0.2, 0.25) is 5.02 Å². The number of amides is 1. The van der Waals surface area contributed by atoms with Gasteiger partial charge in [0.25, 0.3) is 5.91 Å². The van der Waals surface area contributed by atoms with Crippen molar-refractivity contribution in [1.82, 2.24) is 0 Å². The molecule has 0 spiro atoms. The lowest BCUT2D eigenvalue weighted by Crippen LogP contribution is -2.17. The molecule has 0 radical (unpaired) electrons. The minimum absolute atomic E-state index is 0.125. The number of halogens is 1. The van der Waals surface area contributed by atoms with Gasteiger partial charge in [-0.25, -0.2) is 8.42 Å². The van der Waals surface area contributed by atoms with E-state index in [1.807, 2.05) is 0 Å². The first-order chi connectivity index (χ1) is 11.3. The number of anilines is 1. The molecule has 8 heteroatoms. The second-order valence-corrected chi connectivity index (χ2v) is 7.66. The molecule has 0 bridgehead atoms. The van der Waals surface area contributed by atoms with Crippen molar-refractivity contribution < 1.29 is 22.7 Å². The average Bonchev–Trinajstić information content (AvgIpc) is 2.54. The quantitative estimate of drug-likeness (QED) is 0.902. The summed E-state index contributed by atoms with van der Waals surface area (Å²) in [6.07, 6.45) is 1.11. The number of sulfone groups is 1. The maximum absolute atomic E-state index is 12.4. The van der Waals surface area contributed by atoms with Gasteiger partial charge in [-0.2, -0.15) is 0 Å². The normalized spacial score (nSPS) is 13.4. The molecule has 1 aliphatic heterocycles. The van der Waals surface area contributed by atoms with Crippen LogP contribution in [0.15, 0.2) is 41.3 Å². The minimum atomic E-state index is -3.35. The zero-order valence-electron chi connectivity index (χ0n) is 12.7. The van der Waals surface area contributed by atoms with Crippen molar-refractivity contribution in [1.29, 1.82) is 0 Å². The number of hydrogen-bond acceptors (Lipinski definition) is 5. The summed E-state index contributed by atoms with van der Waals surface area (Å²) in [5.74, 6) is 0.391. The Labute approximate surface area is 144 Å². The van der Waals surface area contributed by atoms with Gasteiger partial charge in [0.05, 0.1) is 9.92 Å². The molecule has 1 aliphatic rings. The van der Waals surface area contributed by atoms with Gasteiger partial charge >= 0.3 is 0 Å². The lowest BCUT2D eigenvalue weighted by atomic mass is 10.1. The number of benzene rings is 2. The molecule has 24 heavy (non-hydrogen) atoms. The van der Waals surface area contributed by atoms with Crippen molar-refractivity contribution in [2.75, 3.05) is 24.8 Å². The van der Waals surface area contributed by atoms with Crippen molar-refractivity contribution in [2.45, 2.75) is 4.90 Å². The van der Waals surface area contributed by atoms with E-state index in [9.17, 15) is 13.2 Å². The first kappa shape index (κ1) is 16.6. The predicted molar refractivity (Wildman–Crippen MR) is 89.9 cm³/mol. The summed E-state index contributed by atoms with van der Waals surface area (Å²) in [5.41, 5.74) is 0.656. The molecule has 6 nitrogen and oxygen atoms in total. The Hall–Kier alpha value is -2.25. The number of rotatable bonds is 3. The largest absolute Gasteiger partial charge is 0.486 e. The number of ether oxygens (including phenoxy) is 2. The zero-order valence-corrected chi connectivity index (χ0v) is 14.3. The molecule has 0 unspecified atom stereocenters. The topological polar surface area (TPSA) is 81.7 Å². The maximum atomic E-state index is 12.4. The van der Waals surface area contributed by atoms with E-state index in [-0.39, 0.29) is 15.5 Å². The van der Waals surface area contributed by atoms with Crippen molar-refractivity contribution in [2.24, 2.45) is 0 Å². The maximum Gasteiger partial charge on any atom is 0.255 e. The van der Waals surface area contributed by atoms with Crippen LogP contribution in [0.4, 0.5) is 5.69 Å². The molecule has 1 N–H and O–H groups in total. The molecule has 3 rings (SSSR count). The fourth-order valence-electron chi connectivity index (χ4n) is 2.25. The van der Waals surface area contributed by atoms with E-state index in [2.05, 4.69) is 5.32 Å². The summed E-state index contributed by atoms with van der Waals surface area (Å²) >= 11 is 6.12. The van der Waals surface area contributed by atoms with Gasteiger partial charge in [-0.15, -0.1) is 0 Å². The summed E-state index contributed by atoms with van der Waals surface area (Å²) < 4.78 is 34.0. The first-order valence-corrected chi connectivity index (χ1v) is 9.32. The van der Waals surface area contributed by atoms with E-state index in [1.54, 1.807) is 12.1 Å². The zero-order chi connectivity index (χ0) is 17.3. The molecule has 0 atom stereocenters. The molecule has 1 amide bonds. The molecule has 0 saturated heterocycles. The van der Waals surface area contributed by atoms with Crippen LogP contribution < -0.4 is 14.8 Å². The highest BCUT2D eigenvalue weighted by molar-refractivity contribution is 7.90. The van der Waals surface area contributed by atoms with Gasteiger partial charge in [0.1, 0.15) is 13.2 Å². The van der Waals surface area contributed by atoms with Crippen LogP contribution in [0.1, 0.15) is 10.4 Å². The van der Waals surface area contributed by atoms with Gasteiger partial charge in [-0.05, 0) is 30.3 Å². The Balaban J connectivity index is 1.87. The Morgan fingerprint density at radius 3 is 2.67 bits per heavy atom. The molecule has 0 saturated carbocycles. The third-order valence-corrected chi connectivity index (χ3v) is 4.77. The van der Waals surface area contributed by atoms with Crippen LogP contribution in [-0.4, -0.2) is 33.8 Å². The fourth-order valence-corrected chi connectivity index (χ4v) is 3.18. The van der Waals surface area contributed by atoms with Gasteiger partial charge in [0.15, 0.2) is 21.3 Å². The molecule has 0 aliphatic carbocycles. The third-order valence-electron chi connectivity index (χ3n) is 3.38. The standard InChI is InChI=1S/C16H14ClNO5S/c1-24(20,21)12-4-2-3-11(9-12)18-16(19)10-7-13(17)15-14(8-10)22-5-6-23-15/h2-4,7-9H,5-6H2,1H3,(H,18,19). The first-order valence-electron chi connectivity index (χ1n) is 7.05. The molecule has 1 heterocycles. The van der Waals surface area contributed by atoms with Gasteiger partial charge in [-0.1, -0.05) is 17.7 Å². The molecule has 0 fully saturated rings. The van der Waals surface area contributed by atoms with Gasteiger partial charge in [-0.3, -0.25) is 4.79 Å². The molecule has 2 aromatic carbocycles. The lowest BCUT2D eigenvalue weighted by Gasteiger charge is -2.20. The second-order valence-electron chi connectivity index (χ2n) is 5.24. The van der Waals surface area contributed by atoms with Gasteiger partial charge < -0.3 is 14.8 Å². The highest BCUT2D eigenvalue weighted by Crippen LogP contribution is 2.38.